The fraction of sp³-hybridized carbons (Fsp3) is 0.733. The molecule has 2 bridgehead atoms. The van der Waals surface area contributed by atoms with Crippen molar-refractivity contribution in [3.05, 3.63) is 34.4 Å². The number of allylic oxidation sites excluding steroid dienone is 2. The molecule has 0 saturated heterocycles. The second-order valence-corrected chi connectivity index (χ2v) is 13.5. The van der Waals surface area contributed by atoms with Crippen LogP contribution in [0.2, 0.25) is 0 Å². The molecule has 2 saturated carbocycles. The van der Waals surface area contributed by atoms with Crippen LogP contribution in [0.25, 0.3) is 0 Å². The van der Waals surface area contributed by atoms with E-state index in [0.29, 0.717) is 17.1 Å². The highest BCUT2D eigenvalue weighted by Crippen LogP contribution is 2.71. The van der Waals surface area contributed by atoms with Gasteiger partial charge in [0.15, 0.2) is 17.5 Å². The van der Waals surface area contributed by atoms with Crippen LogP contribution in [0.5, 0.6) is 0 Å². The maximum atomic E-state index is 14.4. The van der Waals surface area contributed by atoms with Gasteiger partial charge >= 0.3 is 5.97 Å². The van der Waals surface area contributed by atoms with Crippen molar-refractivity contribution in [1.82, 2.24) is 0 Å². The van der Waals surface area contributed by atoms with Crippen molar-refractivity contribution in [1.29, 1.82) is 0 Å². The van der Waals surface area contributed by atoms with Gasteiger partial charge in [0.1, 0.15) is 6.10 Å². The van der Waals surface area contributed by atoms with E-state index in [1.807, 2.05) is 27.7 Å². The van der Waals surface area contributed by atoms with E-state index in [9.17, 15) is 24.9 Å². The molecule has 0 heterocycles. The van der Waals surface area contributed by atoms with Crippen molar-refractivity contribution in [2.75, 3.05) is 6.61 Å². The largest absolute Gasteiger partial charge is 0.451 e. The molecule has 1 spiro atoms. The van der Waals surface area contributed by atoms with Crippen LogP contribution < -0.4 is 0 Å². The van der Waals surface area contributed by atoms with Gasteiger partial charge in [0.25, 0.3) is 0 Å². The summed E-state index contributed by atoms with van der Waals surface area (Å²) in [5.41, 5.74) is -1.49. The van der Waals surface area contributed by atoms with E-state index in [0.717, 1.165) is 31.3 Å². The predicted octanol–water partition coefficient (Wildman–Crippen LogP) is 3.89. The zero-order valence-electron chi connectivity index (χ0n) is 22.7. The molecule has 36 heavy (non-hydrogen) atoms. The Morgan fingerprint density at radius 2 is 1.86 bits per heavy atom. The molecule has 6 heteroatoms. The summed E-state index contributed by atoms with van der Waals surface area (Å²) in [5.74, 6) is -1.02. The van der Waals surface area contributed by atoms with Crippen LogP contribution in [0.4, 0.5) is 0 Å². The second-order valence-electron chi connectivity index (χ2n) is 13.5. The highest BCUT2D eigenvalue weighted by Gasteiger charge is 2.76. The summed E-state index contributed by atoms with van der Waals surface area (Å²) in [6.07, 6.45) is 4.16. The van der Waals surface area contributed by atoms with Crippen LogP contribution in [0.1, 0.15) is 74.1 Å². The van der Waals surface area contributed by atoms with Gasteiger partial charge in [0.2, 0.25) is 0 Å². The average Bonchev–Trinajstić information content (AvgIpc) is 3.27. The number of Topliss-reactive ketones (excluding diaryl/α,β-unsaturated/α-hetero) is 1. The van der Waals surface area contributed by atoms with Gasteiger partial charge in [0, 0.05) is 11.5 Å². The molecule has 5 rings (SSSR count). The topological polar surface area (TPSA) is 104 Å². The van der Waals surface area contributed by atoms with Gasteiger partial charge in [-0.2, -0.15) is 0 Å². The molecular weight excluding hydrogens is 456 g/mol. The Balaban J connectivity index is 1.63. The number of aliphatic hydroxyl groups is 3. The molecule has 0 aromatic heterocycles. The number of esters is 1. The van der Waals surface area contributed by atoms with Crippen LogP contribution in [0, 0.1) is 39.9 Å². The summed E-state index contributed by atoms with van der Waals surface area (Å²) in [4.78, 5) is 28.1. The lowest BCUT2D eigenvalue weighted by Gasteiger charge is -2.49. The number of fused-ring (bicyclic) bond motifs is 3. The first kappa shape index (κ1) is 25.9. The number of hydrogen-bond acceptors (Lipinski definition) is 6. The number of aliphatic hydroxyl groups excluding tert-OH is 2. The van der Waals surface area contributed by atoms with Gasteiger partial charge in [-0.15, -0.1) is 0 Å². The third-order valence-electron chi connectivity index (χ3n) is 10.8. The Hall–Kier alpha value is -1.76. The Bertz CT molecular complexity index is 1110. The summed E-state index contributed by atoms with van der Waals surface area (Å²) < 4.78 is 6.13. The Labute approximate surface area is 214 Å². The number of carbonyl (C=O) groups is 2. The zero-order valence-corrected chi connectivity index (χ0v) is 22.7. The van der Waals surface area contributed by atoms with E-state index in [1.165, 1.54) is 0 Å². The maximum Gasteiger partial charge on any atom is 0.335 e. The second kappa shape index (κ2) is 7.87. The van der Waals surface area contributed by atoms with Crippen LogP contribution in [0.3, 0.4) is 0 Å². The van der Waals surface area contributed by atoms with Crippen molar-refractivity contribution in [3.8, 4) is 0 Å². The normalized spacial score (nSPS) is 44.6. The van der Waals surface area contributed by atoms with Gasteiger partial charge in [-0.3, -0.25) is 4.79 Å². The highest BCUT2D eigenvalue weighted by molar-refractivity contribution is 5.96. The number of hydrogen-bond donors (Lipinski definition) is 3. The zero-order chi connectivity index (χ0) is 26.6. The number of carbonyl (C=O) groups excluding carboxylic acids is 2. The molecule has 8 atom stereocenters. The first-order chi connectivity index (χ1) is 16.7. The van der Waals surface area contributed by atoms with Gasteiger partial charge in [-0.25, -0.2) is 4.79 Å². The van der Waals surface area contributed by atoms with Crippen molar-refractivity contribution in [2.45, 2.75) is 92.0 Å². The van der Waals surface area contributed by atoms with Gasteiger partial charge < -0.3 is 20.1 Å². The molecule has 198 valence electrons. The summed E-state index contributed by atoms with van der Waals surface area (Å²) in [6.45, 7) is 13.6. The standard InChI is InChI=1S/C30H42O6/c1-15-9-8-10-27(4,5)21(15)26(34)36-25-16(2)13-29-17(3)11-20-22(28(20,6)7)19(24(29)33)12-18(14-31)23(32)30(25,29)35/h12-13,17,19-20,22-23,25,31-32,35H,8-11,14H2,1-7H3/t17-,19+,20-,22+,23-,25+,29+,30+/m1/s1. The smallest absolute Gasteiger partial charge is 0.335 e. The van der Waals surface area contributed by atoms with E-state index in [1.54, 1.807) is 19.1 Å². The summed E-state index contributed by atoms with van der Waals surface area (Å²) >= 11 is 0. The van der Waals surface area contributed by atoms with E-state index in [4.69, 9.17) is 4.74 Å². The lowest BCUT2D eigenvalue weighted by molar-refractivity contribution is -0.202. The number of ether oxygens (including phenoxy) is 1. The Morgan fingerprint density at radius 3 is 2.47 bits per heavy atom. The fourth-order valence-corrected chi connectivity index (χ4v) is 8.83. The maximum absolute atomic E-state index is 14.4. The van der Waals surface area contributed by atoms with Crippen molar-refractivity contribution in [2.24, 2.45) is 39.9 Å². The lowest BCUT2D eigenvalue weighted by atomic mass is 9.59. The van der Waals surface area contributed by atoms with Crippen molar-refractivity contribution < 1.29 is 29.6 Å². The van der Waals surface area contributed by atoms with Crippen LogP contribution in [0.15, 0.2) is 34.4 Å². The van der Waals surface area contributed by atoms with Crippen LogP contribution in [-0.4, -0.2) is 51.5 Å². The minimum absolute atomic E-state index is 0.0273. The molecule has 0 aromatic carbocycles. The SMILES string of the molecule is CC1=C[C@]23C(=O)[C@@H](C=C(CO)[C@@H](O)[C@]2(O)[C@H]1OC(=O)C1=C(C)CCCC1(C)C)[C@H]1[C@@H](C[C@H]3C)C1(C)C. The van der Waals surface area contributed by atoms with Gasteiger partial charge in [0.05, 0.1) is 12.0 Å². The van der Waals surface area contributed by atoms with E-state index in [2.05, 4.69) is 13.8 Å². The summed E-state index contributed by atoms with van der Waals surface area (Å²) in [6, 6.07) is 0. The molecule has 0 aliphatic heterocycles. The van der Waals surface area contributed by atoms with Gasteiger partial charge in [-0.1, -0.05) is 52.3 Å². The first-order valence-corrected chi connectivity index (χ1v) is 13.5. The minimum Gasteiger partial charge on any atom is -0.451 e. The molecule has 0 aromatic rings. The molecule has 5 aliphatic rings. The average molecular weight is 499 g/mol. The molecule has 0 amide bonds. The van der Waals surface area contributed by atoms with Gasteiger partial charge in [-0.05, 0) is 79.3 Å². The lowest BCUT2D eigenvalue weighted by Crippen LogP contribution is -2.66. The van der Waals surface area contributed by atoms with Crippen molar-refractivity contribution in [3.63, 3.8) is 0 Å². The van der Waals surface area contributed by atoms with Crippen molar-refractivity contribution >= 4 is 11.8 Å². The fourth-order valence-electron chi connectivity index (χ4n) is 8.83. The molecule has 6 nitrogen and oxygen atoms in total. The Kier molecular flexibility index (Phi) is 5.66. The predicted molar refractivity (Wildman–Crippen MR) is 136 cm³/mol. The molecule has 0 radical (unpaired) electrons. The molecule has 2 fully saturated rings. The molecule has 3 N–H and O–H groups in total. The third-order valence-corrected chi connectivity index (χ3v) is 10.8. The third kappa shape index (κ3) is 3.07. The summed E-state index contributed by atoms with van der Waals surface area (Å²) in [7, 11) is 0. The van der Waals surface area contributed by atoms with E-state index in [-0.39, 0.29) is 34.0 Å². The van der Waals surface area contributed by atoms with E-state index < -0.39 is 41.7 Å². The number of ketones is 1. The minimum atomic E-state index is -2.10. The molecule has 5 aliphatic carbocycles. The Morgan fingerprint density at radius 1 is 1.19 bits per heavy atom. The molecular formula is C30H42O6. The number of rotatable bonds is 3. The molecule has 0 unspecified atom stereocenters. The first-order valence-electron chi connectivity index (χ1n) is 13.5. The summed E-state index contributed by atoms with van der Waals surface area (Å²) in [5, 5.41) is 34.5. The van der Waals surface area contributed by atoms with E-state index >= 15 is 0 Å². The monoisotopic (exact) mass is 498 g/mol. The van der Waals surface area contributed by atoms with Crippen LogP contribution in [-0.2, 0) is 14.3 Å². The quantitative estimate of drug-likeness (QED) is 0.403. The van der Waals surface area contributed by atoms with Crippen LogP contribution >= 0.6 is 0 Å². The highest BCUT2D eigenvalue weighted by atomic mass is 16.6.